The van der Waals surface area contributed by atoms with Gasteiger partial charge in [-0.3, -0.25) is 9.10 Å². The SMILES string of the molecule is O=C(CN(c1ccccc1F)S(=O)(=O)c1ccccc1)NCCCc1ccc(Cl)cc1. The van der Waals surface area contributed by atoms with E-state index in [1.807, 2.05) is 12.1 Å². The van der Waals surface area contributed by atoms with Gasteiger partial charge in [-0.1, -0.05) is 54.1 Å². The van der Waals surface area contributed by atoms with E-state index in [2.05, 4.69) is 5.32 Å². The Labute approximate surface area is 186 Å². The van der Waals surface area contributed by atoms with Crippen LogP contribution in [0.5, 0.6) is 0 Å². The van der Waals surface area contributed by atoms with Gasteiger partial charge in [-0.15, -0.1) is 0 Å². The van der Waals surface area contributed by atoms with Gasteiger partial charge < -0.3 is 5.32 Å². The molecule has 5 nitrogen and oxygen atoms in total. The van der Waals surface area contributed by atoms with E-state index >= 15 is 0 Å². The van der Waals surface area contributed by atoms with E-state index in [1.54, 1.807) is 30.3 Å². The van der Waals surface area contributed by atoms with E-state index in [9.17, 15) is 17.6 Å². The third-order valence-corrected chi connectivity index (χ3v) is 6.64. The maximum atomic E-state index is 14.4. The van der Waals surface area contributed by atoms with Crippen LogP contribution in [-0.2, 0) is 21.2 Å². The van der Waals surface area contributed by atoms with Gasteiger partial charge in [0.05, 0.1) is 10.6 Å². The summed E-state index contributed by atoms with van der Waals surface area (Å²) >= 11 is 5.87. The van der Waals surface area contributed by atoms with E-state index in [4.69, 9.17) is 11.6 Å². The fourth-order valence-electron chi connectivity index (χ4n) is 3.03. The van der Waals surface area contributed by atoms with Crippen molar-refractivity contribution in [2.24, 2.45) is 0 Å². The standard InChI is InChI=1S/C23H22ClFN2O3S/c24-19-14-12-18(13-15-19)7-6-16-26-23(28)17-27(22-11-5-4-10-21(22)25)31(29,30)20-8-2-1-3-9-20/h1-5,8-15H,6-7,16-17H2,(H,26,28). The van der Waals surface area contributed by atoms with Crippen LogP contribution in [0.25, 0.3) is 0 Å². The summed E-state index contributed by atoms with van der Waals surface area (Å²) in [6, 6.07) is 20.6. The minimum atomic E-state index is -4.13. The highest BCUT2D eigenvalue weighted by atomic mass is 35.5. The lowest BCUT2D eigenvalue weighted by Gasteiger charge is -2.24. The number of hydrogen-bond acceptors (Lipinski definition) is 3. The molecule has 0 bridgehead atoms. The van der Waals surface area contributed by atoms with Gasteiger partial charge >= 0.3 is 0 Å². The lowest BCUT2D eigenvalue weighted by atomic mass is 10.1. The second-order valence-corrected chi connectivity index (χ2v) is 9.15. The Morgan fingerprint density at radius 3 is 2.26 bits per heavy atom. The molecular formula is C23H22ClFN2O3S. The molecule has 162 valence electrons. The van der Waals surface area contributed by atoms with Crippen LogP contribution >= 0.6 is 11.6 Å². The molecular weight excluding hydrogens is 439 g/mol. The van der Waals surface area contributed by atoms with Crippen molar-refractivity contribution in [2.45, 2.75) is 17.7 Å². The lowest BCUT2D eigenvalue weighted by Crippen LogP contribution is -2.41. The number of carbonyl (C=O) groups is 1. The molecule has 0 heterocycles. The zero-order chi connectivity index (χ0) is 22.3. The second-order valence-electron chi connectivity index (χ2n) is 6.86. The fourth-order valence-corrected chi connectivity index (χ4v) is 4.61. The van der Waals surface area contributed by atoms with Crippen LogP contribution in [-0.4, -0.2) is 27.4 Å². The van der Waals surface area contributed by atoms with E-state index in [1.165, 1.54) is 30.3 Å². The van der Waals surface area contributed by atoms with Crippen molar-refractivity contribution in [3.8, 4) is 0 Å². The Balaban J connectivity index is 1.69. The van der Waals surface area contributed by atoms with Gasteiger partial charge in [-0.05, 0) is 54.8 Å². The van der Waals surface area contributed by atoms with Crippen LogP contribution in [0.2, 0.25) is 5.02 Å². The number of aryl methyl sites for hydroxylation is 1. The smallest absolute Gasteiger partial charge is 0.264 e. The van der Waals surface area contributed by atoms with Gasteiger partial charge in [0.1, 0.15) is 12.4 Å². The molecule has 8 heteroatoms. The zero-order valence-corrected chi connectivity index (χ0v) is 18.2. The van der Waals surface area contributed by atoms with Crippen molar-refractivity contribution >= 4 is 33.2 Å². The van der Waals surface area contributed by atoms with E-state index < -0.39 is 28.3 Å². The predicted molar refractivity (Wildman–Crippen MR) is 120 cm³/mol. The van der Waals surface area contributed by atoms with Crippen molar-refractivity contribution in [2.75, 3.05) is 17.4 Å². The summed E-state index contributed by atoms with van der Waals surface area (Å²) in [5.74, 6) is -1.24. The summed E-state index contributed by atoms with van der Waals surface area (Å²) in [5.41, 5.74) is 0.904. The summed E-state index contributed by atoms with van der Waals surface area (Å²) < 4.78 is 41.5. The molecule has 3 aromatic carbocycles. The van der Waals surface area contributed by atoms with Crippen LogP contribution in [0.4, 0.5) is 10.1 Å². The highest BCUT2D eigenvalue weighted by Gasteiger charge is 2.28. The summed E-state index contributed by atoms with van der Waals surface area (Å²) in [7, 11) is -4.13. The van der Waals surface area contributed by atoms with Crippen LogP contribution < -0.4 is 9.62 Å². The molecule has 3 rings (SSSR count). The van der Waals surface area contributed by atoms with Crippen molar-refractivity contribution in [3.05, 3.63) is 95.3 Å². The fraction of sp³-hybridized carbons (Fsp3) is 0.174. The van der Waals surface area contributed by atoms with Crippen LogP contribution in [0.3, 0.4) is 0 Å². The first-order chi connectivity index (χ1) is 14.9. The first-order valence-corrected chi connectivity index (χ1v) is 11.5. The number of halogens is 2. The number of carbonyl (C=O) groups excluding carboxylic acids is 1. The Bertz CT molecular complexity index is 1120. The van der Waals surface area contributed by atoms with Gasteiger partial charge in [0.2, 0.25) is 5.91 Å². The average Bonchev–Trinajstić information content (AvgIpc) is 2.77. The Morgan fingerprint density at radius 1 is 0.935 bits per heavy atom. The number of nitrogens with one attached hydrogen (secondary N) is 1. The summed E-state index contributed by atoms with van der Waals surface area (Å²) in [4.78, 5) is 12.5. The summed E-state index contributed by atoms with van der Waals surface area (Å²) in [6.45, 7) is -0.170. The first kappa shape index (κ1) is 22.8. The Hall–Kier alpha value is -2.90. The molecule has 0 aromatic heterocycles. The number of benzene rings is 3. The maximum Gasteiger partial charge on any atom is 0.264 e. The van der Waals surface area contributed by atoms with Crippen molar-refractivity contribution < 1.29 is 17.6 Å². The van der Waals surface area contributed by atoms with Crippen molar-refractivity contribution in [1.82, 2.24) is 5.32 Å². The molecule has 1 amide bonds. The van der Waals surface area contributed by atoms with Gasteiger partial charge in [0.15, 0.2) is 0 Å². The minimum Gasteiger partial charge on any atom is -0.355 e. The zero-order valence-electron chi connectivity index (χ0n) is 16.7. The summed E-state index contributed by atoms with van der Waals surface area (Å²) in [5, 5.41) is 3.37. The Kier molecular flexibility index (Phi) is 7.65. The third-order valence-electron chi connectivity index (χ3n) is 4.62. The number of para-hydroxylation sites is 1. The maximum absolute atomic E-state index is 14.4. The number of hydrogen-bond donors (Lipinski definition) is 1. The minimum absolute atomic E-state index is 0.0196. The van der Waals surface area contributed by atoms with Gasteiger partial charge in [-0.25, -0.2) is 12.8 Å². The van der Waals surface area contributed by atoms with E-state index in [-0.39, 0.29) is 10.6 Å². The monoisotopic (exact) mass is 460 g/mol. The number of rotatable bonds is 9. The molecule has 0 unspecified atom stereocenters. The molecule has 0 aliphatic heterocycles. The van der Waals surface area contributed by atoms with Crippen LogP contribution in [0.15, 0.2) is 83.8 Å². The molecule has 0 saturated heterocycles. The molecule has 0 atom stereocenters. The lowest BCUT2D eigenvalue weighted by molar-refractivity contribution is -0.119. The number of nitrogens with zero attached hydrogens (tertiary/aromatic N) is 1. The molecule has 0 saturated carbocycles. The Morgan fingerprint density at radius 2 is 1.58 bits per heavy atom. The quantitative estimate of drug-likeness (QED) is 0.480. The number of amides is 1. The highest BCUT2D eigenvalue weighted by Crippen LogP contribution is 2.25. The molecule has 1 N–H and O–H groups in total. The van der Waals surface area contributed by atoms with Crippen molar-refractivity contribution in [3.63, 3.8) is 0 Å². The third kappa shape index (κ3) is 6.06. The van der Waals surface area contributed by atoms with E-state index in [0.717, 1.165) is 22.4 Å². The second kappa shape index (κ2) is 10.4. The van der Waals surface area contributed by atoms with E-state index in [0.29, 0.717) is 18.0 Å². The predicted octanol–water partition coefficient (Wildman–Crippen LogP) is 4.42. The molecule has 0 spiro atoms. The number of sulfonamides is 1. The largest absolute Gasteiger partial charge is 0.355 e. The van der Waals surface area contributed by atoms with Gasteiger partial charge in [0.25, 0.3) is 10.0 Å². The topological polar surface area (TPSA) is 66.5 Å². The molecule has 31 heavy (non-hydrogen) atoms. The normalized spacial score (nSPS) is 11.2. The average molecular weight is 461 g/mol. The first-order valence-electron chi connectivity index (χ1n) is 9.71. The molecule has 0 aliphatic carbocycles. The summed E-state index contributed by atoms with van der Waals surface area (Å²) in [6.07, 6.45) is 1.40. The van der Waals surface area contributed by atoms with Gasteiger partial charge in [-0.2, -0.15) is 0 Å². The number of anilines is 1. The van der Waals surface area contributed by atoms with Gasteiger partial charge in [0, 0.05) is 11.6 Å². The highest BCUT2D eigenvalue weighted by molar-refractivity contribution is 7.92. The molecule has 0 aliphatic rings. The van der Waals surface area contributed by atoms with Crippen molar-refractivity contribution in [1.29, 1.82) is 0 Å². The molecule has 3 aromatic rings. The molecule has 0 radical (unpaired) electrons. The van der Waals surface area contributed by atoms with Crippen LogP contribution in [0.1, 0.15) is 12.0 Å². The molecule has 0 fully saturated rings. The van der Waals surface area contributed by atoms with Crippen LogP contribution in [0, 0.1) is 5.82 Å².